The molecule has 1 N–H and O–H groups in total. The van der Waals surface area contributed by atoms with Gasteiger partial charge in [-0.3, -0.25) is 4.79 Å². The number of ether oxygens (including phenoxy) is 1. The molecule has 0 aliphatic heterocycles. The van der Waals surface area contributed by atoms with Crippen LogP contribution in [0.25, 0.3) is 0 Å². The van der Waals surface area contributed by atoms with E-state index in [1.807, 2.05) is 0 Å². The number of carbonyl (C=O) groups is 1. The molecule has 0 fully saturated rings. The van der Waals surface area contributed by atoms with Crippen LogP contribution in [-0.2, 0) is 4.74 Å². The topological polar surface area (TPSA) is 49.8 Å². The summed E-state index contributed by atoms with van der Waals surface area (Å²) in [7, 11) is 1.47. The molecule has 0 saturated heterocycles. The van der Waals surface area contributed by atoms with E-state index in [4.69, 9.17) is 9.84 Å². The summed E-state index contributed by atoms with van der Waals surface area (Å²) >= 11 is 0. The van der Waals surface area contributed by atoms with E-state index in [1.54, 1.807) is 0 Å². The van der Waals surface area contributed by atoms with Gasteiger partial charge in [0.05, 0.1) is 18.8 Å². The fourth-order valence-electron chi connectivity index (χ4n) is 1.47. The van der Waals surface area contributed by atoms with E-state index in [0.717, 1.165) is 12.1 Å². The number of aliphatic hydroxyl groups is 1. The zero-order chi connectivity index (χ0) is 13.5. The molecule has 0 heterocycles. The van der Waals surface area contributed by atoms with Crippen LogP contribution < -0.4 is 0 Å². The van der Waals surface area contributed by atoms with E-state index < -0.39 is 17.5 Å². The molecule has 0 atom stereocenters. The average Bonchev–Trinajstić information content (AvgIpc) is 2.33. The minimum absolute atomic E-state index is 0.0685. The maximum absolute atomic E-state index is 13.4. The van der Waals surface area contributed by atoms with Crippen molar-refractivity contribution in [2.45, 2.75) is 0 Å². The van der Waals surface area contributed by atoms with Crippen molar-refractivity contribution in [3.8, 4) is 0 Å². The van der Waals surface area contributed by atoms with Crippen molar-refractivity contribution in [1.29, 1.82) is 0 Å². The van der Waals surface area contributed by atoms with Crippen LogP contribution in [0, 0.1) is 11.6 Å². The van der Waals surface area contributed by atoms with Gasteiger partial charge >= 0.3 is 0 Å². The number of methoxy groups -OCH3 is 1. The summed E-state index contributed by atoms with van der Waals surface area (Å²) in [5, 5.41) is 8.86. The summed E-state index contributed by atoms with van der Waals surface area (Å²) in [5.41, 5.74) is -0.221. The normalized spacial score (nSPS) is 10.4. The first kappa shape index (κ1) is 14.5. The number of carbonyl (C=O) groups excluding carboxylic acids is 1. The van der Waals surface area contributed by atoms with E-state index in [1.165, 1.54) is 12.0 Å². The Hall–Kier alpha value is -1.53. The minimum Gasteiger partial charge on any atom is -0.395 e. The van der Waals surface area contributed by atoms with Gasteiger partial charge in [-0.25, -0.2) is 8.78 Å². The predicted octanol–water partition coefficient (Wildman–Crippen LogP) is 1.05. The monoisotopic (exact) mass is 259 g/mol. The fourth-order valence-corrected chi connectivity index (χ4v) is 1.47. The van der Waals surface area contributed by atoms with Crippen molar-refractivity contribution < 1.29 is 23.4 Å². The molecule has 0 aromatic heterocycles. The van der Waals surface area contributed by atoms with Crippen LogP contribution in [0.4, 0.5) is 8.78 Å². The van der Waals surface area contributed by atoms with Crippen molar-refractivity contribution in [2.24, 2.45) is 0 Å². The van der Waals surface area contributed by atoms with Crippen LogP contribution in [0.15, 0.2) is 18.2 Å². The second-order valence-corrected chi connectivity index (χ2v) is 3.63. The highest BCUT2D eigenvalue weighted by Gasteiger charge is 2.19. The smallest absolute Gasteiger partial charge is 0.256 e. The van der Waals surface area contributed by atoms with Crippen LogP contribution in [0.5, 0.6) is 0 Å². The second-order valence-electron chi connectivity index (χ2n) is 3.63. The van der Waals surface area contributed by atoms with Crippen molar-refractivity contribution in [3.05, 3.63) is 35.4 Å². The molecule has 0 aliphatic carbocycles. The first-order valence-corrected chi connectivity index (χ1v) is 5.44. The van der Waals surface area contributed by atoms with Gasteiger partial charge in [-0.2, -0.15) is 0 Å². The Morgan fingerprint density at radius 3 is 2.67 bits per heavy atom. The van der Waals surface area contributed by atoms with Crippen molar-refractivity contribution in [2.75, 3.05) is 33.4 Å². The van der Waals surface area contributed by atoms with Crippen LogP contribution in [0.2, 0.25) is 0 Å². The third-order valence-corrected chi connectivity index (χ3v) is 2.38. The molecule has 1 amide bonds. The van der Waals surface area contributed by atoms with Crippen LogP contribution in [-0.4, -0.2) is 49.3 Å². The summed E-state index contributed by atoms with van der Waals surface area (Å²) in [5.74, 6) is -2.26. The lowest BCUT2D eigenvalue weighted by Crippen LogP contribution is -2.36. The van der Waals surface area contributed by atoms with E-state index in [2.05, 4.69) is 0 Å². The Kier molecular flexibility index (Phi) is 5.67. The number of nitrogens with zero attached hydrogens (tertiary/aromatic N) is 1. The van der Waals surface area contributed by atoms with Crippen LogP contribution >= 0.6 is 0 Å². The Labute approximate surface area is 104 Å². The van der Waals surface area contributed by atoms with E-state index in [-0.39, 0.29) is 31.9 Å². The summed E-state index contributed by atoms with van der Waals surface area (Å²) in [6.07, 6.45) is 0. The first-order valence-electron chi connectivity index (χ1n) is 5.44. The highest BCUT2D eigenvalue weighted by Crippen LogP contribution is 2.12. The molecule has 6 heteroatoms. The zero-order valence-corrected chi connectivity index (χ0v) is 10.0. The van der Waals surface area contributed by atoms with Gasteiger partial charge in [-0.1, -0.05) is 0 Å². The molecule has 18 heavy (non-hydrogen) atoms. The molecule has 100 valence electrons. The molecule has 0 bridgehead atoms. The number of amides is 1. The van der Waals surface area contributed by atoms with Crippen molar-refractivity contribution in [1.82, 2.24) is 4.90 Å². The van der Waals surface area contributed by atoms with Gasteiger partial charge in [0, 0.05) is 26.3 Å². The third kappa shape index (κ3) is 3.75. The lowest BCUT2D eigenvalue weighted by atomic mass is 10.2. The summed E-state index contributed by atoms with van der Waals surface area (Å²) in [6, 6.07) is 2.76. The van der Waals surface area contributed by atoms with Gasteiger partial charge in [-0.05, 0) is 12.1 Å². The molecule has 0 radical (unpaired) electrons. The highest BCUT2D eigenvalue weighted by molar-refractivity contribution is 5.94. The number of aliphatic hydroxyl groups excluding tert-OH is 1. The van der Waals surface area contributed by atoms with Gasteiger partial charge in [0.1, 0.15) is 11.6 Å². The molecule has 1 aromatic rings. The maximum atomic E-state index is 13.4. The van der Waals surface area contributed by atoms with E-state index >= 15 is 0 Å². The molecular weight excluding hydrogens is 244 g/mol. The van der Waals surface area contributed by atoms with Crippen molar-refractivity contribution in [3.63, 3.8) is 0 Å². The van der Waals surface area contributed by atoms with Gasteiger partial charge in [0.15, 0.2) is 0 Å². The Morgan fingerprint density at radius 1 is 1.39 bits per heavy atom. The molecule has 1 rings (SSSR count). The predicted molar refractivity (Wildman–Crippen MR) is 61.2 cm³/mol. The number of hydrogen-bond donors (Lipinski definition) is 1. The molecule has 0 saturated carbocycles. The largest absolute Gasteiger partial charge is 0.395 e. The Balaban J connectivity index is 2.87. The lowest BCUT2D eigenvalue weighted by molar-refractivity contribution is 0.0652. The van der Waals surface area contributed by atoms with E-state index in [9.17, 15) is 13.6 Å². The molecule has 0 spiro atoms. The van der Waals surface area contributed by atoms with Gasteiger partial charge in [0.25, 0.3) is 5.91 Å². The molecule has 0 unspecified atom stereocenters. The first-order chi connectivity index (χ1) is 8.60. The van der Waals surface area contributed by atoms with Gasteiger partial charge < -0.3 is 14.7 Å². The Bertz CT molecular complexity index is 412. The van der Waals surface area contributed by atoms with Crippen molar-refractivity contribution >= 4 is 5.91 Å². The average molecular weight is 259 g/mol. The quantitative estimate of drug-likeness (QED) is 0.830. The standard InChI is InChI=1S/C12H15F2NO3/c1-18-7-5-15(4-6-16)12(17)10-3-2-9(13)8-11(10)14/h2-3,8,16H,4-7H2,1H3. The molecule has 1 aromatic carbocycles. The second kappa shape index (κ2) is 7.03. The number of rotatable bonds is 6. The SMILES string of the molecule is COCCN(CCO)C(=O)c1ccc(F)cc1F. The third-order valence-electron chi connectivity index (χ3n) is 2.38. The van der Waals surface area contributed by atoms with Gasteiger partial charge in [-0.15, -0.1) is 0 Å². The minimum atomic E-state index is -0.916. The zero-order valence-electron chi connectivity index (χ0n) is 10.0. The highest BCUT2D eigenvalue weighted by atomic mass is 19.1. The molecule has 4 nitrogen and oxygen atoms in total. The maximum Gasteiger partial charge on any atom is 0.256 e. The van der Waals surface area contributed by atoms with E-state index in [0.29, 0.717) is 6.07 Å². The number of benzene rings is 1. The summed E-state index contributed by atoms with van der Waals surface area (Å²) in [6.45, 7) is 0.332. The molecular formula is C12H15F2NO3. The summed E-state index contributed by atoms with van der Waals surface area (Å²) < 4.78 is 31.0. The summed E-state index contributed by atoms with van der Waals surface area (Å²) in [4.78, 5) is 13.2. The van der Waals surface area contributed by atoms with Crippen LogP contribution in [0.3, 0.4) is 0 Å². The van der Waals surface area contributed by atoms with Crippen LogP contribution in [0.1, 0.15) is 10.4 Å². The number of halogens is 2. The lowest BCUT2D eigenvalue weighted by Gasteiger charge is -2.21. The number of hydrogen-bond acceptors (Lipinski definition) is 3. The molecule has 0 aliphatic rings. The Morgan fingerprint density at radius 2 is 2.11 bits per heavy atom. The van der Waals surface area contributed by atoms with Gasteiger partial charge in [0.2, 0.25) is 0 Å². The fraction of sp³-hybridized carbons (Fsp3) is 0.417.